The van der Waals surface area contributed by atoms with Crippen LogP contribution in [0.25, 0.3) is 0 Å². The zero-order chi connectivity index (χ0) is 23.6. The molecule has 0 radical (unpaired) electrons. The van der Waals surface area contributed by atoms with Crippen LogP contribution in [0.2, 0.25) is 0 Å². The SMILES string of the molecule is O=C(Nc1ccccc1Cc1ccccc1)OCC1C2CN(CCc3ccc4c(c3)OCO4)CC12. The second-order valence-electron chi connectivity index (χ2n) is 9.73. The summed E-state index contributed by atoms with van der Waals surface area (Å²) in [6.07, 6.45) is 1.41. The Morgan fingerprint density at radius 3 is 2.54 bits per heavy atom. The molecule has 1 aliphatic carbocycles. The number of carbonyl (C=O) groups is 1. The van der Waals surface area contributed by atoms with Gasteiger partial charge in [0.1, 0.15) is 0 Å². The first-order chi connectivity index (χ1) is 17.2. The second-order valence-corrected chi connectivity index (χ2v) is 9.73. The smallest absolute Gasteiger partial charge is 0.411 e. The van der Waals surface area contributed by atoms with Crippen molar-refractivity contribution in [3.05, 3.63) is 89.5 Å². The van der Waals surface area contributed by atoms with Crippen molar-refractivity contribution in [2.75, 3.05) is 38.4 Å². The molecular formula is C29H30N2O4. The van der Waals surface area contributed by atoms with Crippen LogP contribution in [0.4, 0.5) is 10.5 Å². The summed E-state index contributed by atoms with van der Waals surface area (Å²) in [5.41, 5.74) is 4.38. The predicted octanol–water partition coefficient (Wildman–Crippen LogP) is 4.98. The highest BCUT2D eigenvalue weighted by Gasteiger charge is 2.55. The molecular weight excluding hydrogens is 440 g/mol. The minimum absolute atomic E-state index is 0.315. The number of hydrogen-bond acceptors (Lipinski definition) is 5. The Balaban J connectivity index is 0.938. The Kier molecular flexibility index (Phi) is 6.05. The topological polar surface area (TPSA) is 60.0 Å². The summed E-state index contributed by atoms with van der Waals surface area (Å²) in [5, 5.41) is 2.95. The summed E-state index contributed by atoms with van der Waals surface area (Å²) in [7, 11) is 0. The second kappa shape index (κ2) is 9.62. The molecule has 3 aromatic carbocycles. The minimum Gasteiger partial charge on any atom is -0.454 e. The molecule has 2 unspecified atom stereocenters. The van der Waals surface area contributed by atoms with Crippen LogP contribution in [0.3, 0.4) is 0 Å². The highest BCUT2D eigenvalue weighted by Crippen LogP contribution is 2.51. The first-order valence-corrected chi connectivity index (χ1v) is 12.4. The maximum Gasteiger partial charge on any atom is 0.411 e. The third kappa shape index (κ3) is 4.98. The zero-order valence-electron chi connectivity index (χ0n) is 19.7. The van der Waals surface area contributed by atoms with Crippen LogP contribution in [0.1, 0.15) is 16.7 Å². The lowest BCUT2D eigenvalue weighted by atomic mass is 10.0. The van der Waals surface area contributed by atoms with E-state index < -0.39 is 0 Å². The van der Waals surface area contributed by atoms with Crippen LogP contribution < -0.4 is 14.8 Å². The van der Waals surface area contributed by atoms with Crippen molar-refractivity contribution < 1.29 is 19.0 Å². The molecule has 0 spiro atoms. The molecule has 0 aromatic heterocycles. The molecule has 6 heteroatoms. The van der Waals surface area contributed by atoms with Gasteiger partial charge in [0.05, 0.1) is 6.61 Å². The molecule has 0 bridgehead atoms. The van der Waals surface area contributed by atoms with E-state index >= 15 is 0 Å². The number of rotatable bonds is 8. The van der Waals surface area contributed by atoms with Gasteiger partial charge in [-0.25, -0.2) is 4.79 Å². The fraction of sp³-hybridized carbons (Fsp3) is 0.345. The molecule has 3 aliphatic rings. The summed E-state index contributed by atoms with van der Waals surface area (Å²) in [6.45, 7) is 4.03. The molecule has 2 heterocycles. The van der Waals surface area contributed by atoms with Crippen LogP contribution in [0.15, 0.2) is 72.8 Å². The molecule has 2 aliphatic heterocycles. The number of anilines is 1. The Bertz CT molecular complexity index is 1190. The van der Waals surface area contributed by atoms with Gasteiger partial charge < -0.3 is 19.1 Å². The molecule has 1 saturated heterocycles. The van der Waals surface area contributed by atoms with Gasteiger partial charge in [-0.1, -0.05) is 54.6 Å². The number of nitrogens with one attached hydrogen (secondary N) is 1. The van der Waals surface area contributed by atoms with E-state index in [1.165, 1.54) is 11.1 Å². The third-order valence-electron chi connectivity index (χ3n) is 7.50. The van der Waals surface area contributed by atoms with Gasteiger partial charge in [-0.2, -0.15) is 0 Å². The molecule has 6 nitrogen and oxygen atoms in total. The average Bonchev–Trinajstić information content (AvgIpc) is 3.20. The van der Waals surface area contributed by atoms with E-state index in [0.29, 0.717) is 31.2 Å². The monoisotopic (exact) mass is 470 g/mol. The number of fused-ring (bicyclic) bond motifs is 2. The normalized spacial score (nSPS) is 22.0. The molecule has 6 rings (SSSR count). The number of para-hydroxylation sites is 1. The van der Waals surface area contributed by atoms with Crippen LogP contribution >= 0.6 is 0 Å². The van der Waals surface area contributed by atoms with Crippen LogP contribution in [0, 0.1) is 17.8 Å². The fourth-order valence-corrected chi connectivity index (χ4v) is 5.48. The van der Waals surface area contributed by atoms with Crippen LogP contribution in [-0.4, -0.2) is 44.0 Å². The summed E-state index contributed by atoms with van der Waals surface area (Å²) >= 11 is 0. The first-order valence-electron chi connectivity index (χ1n) is 12.4. The van der Waals surface area contributed by atoms with Gasteiger partial charge in [-0.15, -0.1) is 0 Å². The van der Waals surface area contributed by atoms with Gasteiger partial charge >= 0.3 is 6.09 Å². The number of benzene rings is 3. The van der Waals surface area contributed by atoms with Gasteiger partial charge in [0.15, 0.2) is 11.5 Å². The Labute approximate surface area is 205 Å². The molecule has 1 N–H and O–H groups in total. The van der Waals surface area contributed by atoms with E-state index in [1.807, 2.05) is 48.5 Å². The predicted molar refractivity (Wildman–Crippen MR) is 134 cm³/mol. The zero-order valence-corrected chi connectivity index (χ0v) is 19.7. The van der Waals surface area contributed by atoms with Gasteiger partial charge in [-0.05, 0) is 59.6 Å². The van der Waals surface area contributed by atoms with Crippen LogP contribution in [0.5, 0.6) is 11.5 Å². The number of hydrogen-bond donors (Lipinski definition) is 1. The Hall–Kier alpha value is -3.51. The van der Waals surface area contributed by atoms with Gasteiger partial charge in [0.2, 0.25) is 6.79 Å². The van der Waals surface area contributed by atoms with Crippen molar-refractivity contribution in [2.45, 2.75) is 12.8 Å². The molecule has 1 amide bonds. The van der Waals surface area contributed by atoms with Gasteiger partial charge in [-0.3, -0.25) is 5.32 Å². The number of likely N-dealkylation sites (tertiary alicyclic amines) is 1. The van der Waals surface area contributed by atoms with E-state index in [2.05, 4.69) is 34.5 Å². The van der Waals surface area contributed by atoms with Crippen molar-refractivity contribution >= 4 is 11.8 Å². The third-order valence-corrected chi connectivity index (χ3v) is 7.50. The molecule has 180 valence electrons. The van der Waals surface area contributed by atoms with E-state index in [1.54, 1.807) is 0 Å². The summed E-state index contributed by atoms with van der Waals surface area (Å²) < 4.78 is 16.5. The summed E-state index contributed by atoms with van der Waals surface area (Å²) in [4.78, 5) is 15.0. The van der Waals surface area contributed by atoms with Crippen molar-refractivity contribution in [1.29, 1.82) is 0 Å². The van der Waals surface area contributed by atoms with Crippen LogP contribution in [-0.2, 0) is 17.6 Å². The summed E-state index contributed by atoms with van der Waals surface area (Å²) in [5.74, 6) is 3.46. The average molecular weight is 471 g/mol. The number of ether oxygens (including phenoxy) is 3. The van der Waals surface area contributed by atoms with E-state index in [9.17, 15) is 4.79 Å². The van der Waals surface area contributed by atoms with Crippen molar-refractivity contribution in [3.8, 4) is 11.5 Å². The number of carbonyl (C=O) groups excluding carboxylic acids is 1. The first kappa shape index (κ1) is 22.0. The number of piperidine rings is 1. The lowest BCUT2D eigenvalue weighted by molar-refractivity contribution is 0.146. The minimum atomic E-state index is -0.366. The summed E-state index contributed by atoms with van der Waals surface area (Å²) in [6, 6.07) is 24.4. The van der Waals surface area contributed by atoms with Gasteiger partial charge in [0, 0.05) is 31.2 Å². The van der Waals surface area contributed by atoms with Crippen molar-refractivity contribution in [2.24, 2.45) is 17.8 Å². The van der Waals surface area contributed by atoms with Gasteiger partial charge in [0.25, 0.3) is 0 Å². The highest BCUT2D eigenvalue weighted by molar-refractivity contribution is 5.85. The standard InChI is InChI=1S/C29H30N2O4/c32-29(30-26-9-5-4-8-22(26)14-20-6-2-1-3-7-20)33-18-25-23-16-31(17-24(23)25)13-12-21-10-11-27-28(15-21)35-19-34-27/h1-11,15,23-25H,12-14,16-19H2,(H,30,32). The molecule has 3 aromatic rings. The fourth-order valence-electron chi connectivity index (χ4n) is 5.48. The Morgan fingerprint density at radius 1 is 0.914 bits per heavy atom. The number of nitrogens with zero attached hydrogens (tertiary/aromatic N) is 1. The maximum atomic E-state index is 12.5. The molecule has 2 atom stereocenters. The van der Waals surface area contributed by atoms with Crippen molar-refractivity contribution in [1.82, 2.24) is 4.90 Å². The lowest BCUT2D eigenvalue weighted by Crippen LogP contribution is -2.28. The Morgan fingerprint density at radius 2 is 1.69 bits per heavy atom. The van der Waals surface area contributed by atoms with E-state index in [-0.39, 0.29) is 6.09 Å². The quantitative estimate of drug-likeness (QED) is 0.504. The van der Waals surface area contributed by atoms with E-state index in [4.69, 9.17) is 14.2 Å². The number of amides is 1. The lowest BCUT2D eigenvalue weighted by Gasteiger charge is -2.19. The molecule has 35 heavy (non-hydrogen) atoms. The highest BCUT2D eigenvalue weighted by atomic mass is 16.7. The van der Waals surface area contributed by atoms with Crippen molar-refractivity contribution in [3.63, 3.8) is 0 Å². The molecule has 1 saturated carbocycles. The largest absolute Gasteiger partial charge is 0.454 e. The van der Waals surface area contributed by atoms with E-state index in [0.717, 1.165) is 55.2 Å². The molecule has 2 fully saturated rings. The maximum absolute atomic E-state index is 12.5.